The van der Waals surface area contributed by atoms with Crippen LogP contribution in [0.4, 0.5) is 10.2 Å². The molecule has 5 nitrogen and oxygen atoms in total. The van der Waals surface area contributed by atoms with E-state index in [9.17, 15) is 9.18 Å². The van der Waals surface area contributed by atoms with Crippen molar-refractivity contribution in [3.05, 3.63) is 23.6 Å². The SMILES string of the molecule is CCNc1ncc(F)cc1C(=O)N1CCC(N(C)C)C1. The van der Waals surface area contributed by atoms with Crippen LogP contribution in [0.1, 0.15) is 23.7 Å². The van der Waals surface area contributed by atoms with Gasteiger partial charge in [0.15, 0.2) is 0 Å². The molecule has 1 aromatic heterocycles. The molecule has 0 saturated carbocycles. The predicted octanol–water partition coefficient (Wildman–Crippen LogP) is 1.43. The molecule has 1 fully saturated rings. The minimum absolute atomic E-state index is 0.155. The first kappa shape index (κ1) is 14.7. The number of halogens is 1. The first-order valence-electron chi connectivity index (χ1n) is 6.88. The Morgan fingerprint density at radius 3 is 2.95 bits per heavy atom. The number of anilines is 1. The van der Waals surface area contributed by atoms with Gasteiger partial charge in [-0.15, -0.1) is 0 Å². The van der Waals surface area contributed by atoms with E-state index >= 15 is 0 Å². The lowest BCUT2D eigenvalue weighted by molar-refractivity contribution is 0.0783. The molecule has 1 N–H and O–H groups in total. The maximum Gasteiger partial charge on any atom is 0.257 e. The lowest BCUT2D eigenvalue weighted by Crippen LogP contribution is -2.35. The topological polar surface area (TPSA) is 48.5 Å². The maximum atomic E-state index is 13.4. The van der Waals surface area contributed by atoms with Crippen molar-refractivity contribution in [3.8, 4) is 0 Å². The number of rotatable bonds is 4. The molecular formula is C14H21FN4O. The van der Waals surface area contributed by atoms with Crippen LogP contribution in [0.2, 0.25) is 0 Å². The van der Waals surface area contributed by atoms with Crippen molar-refractivity contribution in [3.63, 3.8) is 0 Å². The van der Waals surface area contributed by atoms with Crippen LogP contribution in [0.25, 0.3) is 0 Å². The molecule has 1 atom stereocenters. The number of nitrogens with zero attached hydrogens (tertiary/aromatic N) is 3. The average molecular weight is 280 g/mol. The second-order valence-electron chi connectivity index (χ2n) is 5.24. The van der Waals surface area contributed by atoms with E-state index in [0.29, 0.717) is 37.1 Å². The molecule has 1 amide bonds. The fourth-order valence-electron chi connectivity index (χ4n) is 2.43. The van der Waals surface area contributed by atoms with Crippen molar-refractivity contribution in [2.75, 3.05) is 39.0 Å². The summed E-state index contributed by atoms with van der Waals surface area (Å²) in [6, 6.07) is 1.62. The van der Waals surface area contributed by atoms with Crippen LogP contribution in [-0.4, -0.2) is 60.5 Å². The van der Waals surface area contributed by atoms with E-state index in [2.05, 4.69) is 15.2 Å². The van der Waals surface area contributed by atoms with Gasteiger partial charge in [-0.1, -0.05) is 0 Å². The minimum Gasteiger partial charge on any atom is -0.370 e. The van der Waals surface area contributed by atoms with Crippen LogP contribution in [0, 0.1) is 5.82 Å². The van der Waals surface area contributed by atoms with Gasteiger partial charge in [-0.3, -0.25) is 4.79 Å². The second kappa shape index (κ2) is 6.17. The van der Waals surface area contributed by atoms with Crippen molar-refractivity contribution >= 4 is 11.7 Å². The van der Waals surface area contributed by atoms with E-state index in [4.69, 9.17) is 0 Å². The number of hydrogen-bond acceptors (Lipinski definition) is 4. The van der Waals surface area contributed by atoms with Gasteiger partial charge in [0.2, 0.25) is 0 Å². The third-order valence-corrected chi connectivity index (χ3v) is 3.61. The van der Waals surface area contributed by atoms with Gasteiger partial charge in [-0.2, -0.15) is 0 Å². The number of carbonyl (C=O) groups is 1. The standard InChI is InChI=1S/C14H21FN4O/c1-4-16-13-12(7-10(15)8-17-13)14(20)19-6-5-11(9-19)18(2)3/h7-8,11H,4-6,9H2,1-3H3,(H,16,17). The van der Waals surface area contributed by atoms with Gasteiger partial charge >= 0.3 is 0 Å². The lowest BCUT2D eigenvalue weighted by Gasteiger charge is -2.21. The second-order valence-corrected chi connectivity index (χ2v) is 5.24. The number of nitrogens with one attached hydrogen (secondary N) is 1. The predicted molar refractivity (Wildman–Crippen MR) is 76.4 cm³/mol. The number of likely N-dealkylation sites (tertiary alicyclic amines) is 1. The van der Waals surface area contributed by atoms with Gasteiger partial charge in [0.05, 0.1) is 11.8 Å². The third kappa shape index (κ3) is 3.07. The van der Waals surface area contributed by atoms with Gasteiger partial charge in [0.1, 0.15) is 11.6 Å². The monoisotopic (exact) mass is 280 g/mol. The molecule has 1 aliphatic heterocycles. The zero-order chi connectivity index (χ0) is 14.7. The van der Waals surface area contributed by atoms with E-state index < -0.39 is 5.82 Å². The highest BCUT2D eigenvalue weighted by Gasteiger charge is 2.29. The molecule has 0 radical (unpaired) electrons. The summed E-state index contributed by atoms with van der Waals surface area (Å²) in [6.07, 6.45) is 2.07. The molecule has 1 unspecified atom stereocenters. The Kier molecular flexibility index (Phi) is 4.54. The van der Waals surface area contributed by atoms with Crippen molar-refractivity contribution in [1.29, 1.82) is 0 Å². The van der Waals surface area contributed by atoms with Gasteiger partial charge in [0, 0.05) is 25.7 Å². The zero-order valence-corrected chi connectivity index (χ0v) is 12.2. The molecule has 2 heterocycles. The lowest BCUT2D eigenvalue weighted by atomic mass is 10.2. The molecule has 0 aromatic carbocycles. The Balaban J connectivity index is 2.19. The molecule has 1 saturated heterocycles. The molecular weight excluding hydrogens is 259 g/mol. The Morgan fingerprint density at radius 2 is 2.35 bits per heavy atom. The van der Waals surface area contributed by atoms with E-state index in [0.717, 1.165) is 12.6 Å². The average Bonchev–Trinajstić information content (AvgIpc) is 2.90. The molecule has 2 rings (SSSR count). The Morgan fingerprint density at radius 1 is 1.60 bits per heavy atom. The van der Waals surface area contributed by atoms with E-state index in [-0.39, 0.29) is 5.91 Å². The molecule has 0 bridgehead atoms. The van der Waals surface area contributed by atoms with E-state index in [1.807, 2.05) is 21.0 Å². The van der Waals surface area contributed by atoms with Crippen LogP contribution in [0.3, 0.4) is 0 Å². The van der Waals surface area contributed by atoms with Gasteiger partial charge < -0.3 is 15.1 Å². The molecule has 1 aliphatic rings. The van der Waals surface area contributed by atoms with Crippen LogP contribution in [-0.2, 0) is 0 Å². The molecule has 110 valence electrons. The Bertz CT molecular complexity index is 492. The highest BCUT2D eigenvalue weighted by Crippen LogP contribution is 2.20. The summed E-state index contributed by atoms with van der Waals surface area (Å²) in [5.74, 6) is -0.192. The number of aromatic nitrogens is 1. The van der Waals surface area contributed by atoms with E-state index in [1.165, 1.54) is 6.07 Å². The first-order chi connectivity index (χ1) is 9.52. The van der Waals surface area contributed by atoms with E-state index in [1.54, 1.807) is 4.90 Å². The Labute approximate surface area is 118 Å². The molecule has 20 heavy (non-hydrogen) atoms. The number of pyridine rings is 1. The summed E-state index contributed by atoms with van der Waals surface area (Å²) in [5, 5.41) is 3.01. The summed E-state index contributed by atoms with van der Waals surface area (Å²) in [4.78, 5) is 20.4. The molecule has 1 aromatic rings. The van der Waals surface area contributed by atoms with Crippen LogP contribution in [0.15, 0.2) is 12.3 Å². The summed E-state index contributed by atoms with van der Waals surface area (Å²) >= 11 is 0. The smallest absolute Gasteiger partial charge is 0.257 e. The van der Waals surface area contributed by atoms with Crippen LogP contribution in [0.5, 0.6) is 0 Å². The van der Waals surface area contributed by atoms with Crippen LogP contribution >= 0.6 is 0 Å². The summed E-state index contributed by atoms with van der Waals surface area (Å²) in [7, 11) is 4.01. The van der Waals surface area contributed by atoms with Crippen molar-refractivity contribution in [2.45, 2.75) is 19.4 Å². The van der Waals surface area contributed by atoms with Crippen molar-refractivity contribution in [2.24, 2.45) is 0 Å². The quantitative estimate of drug-likeness (QED) is 0.906. The first-order valence-corrected chi connectivity index (χ1v) is 6.88. The fourth-order valence-corrected chi connectivity index (χ4v) is 2.43. The number of likely N-dealkylation sites (N-methyl/N-ethyl adjacent to an activating group) is 1. The third-order valence-electron chi connectivity index (χ3n) is 3.61. The van der Waals surface area contributed by atoms with Gasteiger partial charge in [-0.05, 0) is 33.5 Å². The van der Waals surface area contributed by atoms with Crippen molar-refractivity contribution < 1.29 is 9.18 Å². The van der Waals surface area contributed by atoms with Crippen LogP contribution < -0.4 is 5.32 Å². The Hall–Kier alpha value is -1.69. The normalized spacial score (nSPS) is 18.6. The minimum atomic E-state index is -0.488. The fraction of sp³-hybridized carbons (Fsp3) is 0.571. The van der Waals surface area contributed by atoms with Crippen molar-refractivity contribution in [1.82, 2.24) is 14.8 Å². The zero-order valence-electron chi connectivity index (χ0n) is 12.2. The summed E-state index contributed by atoms with van der Waals surface area (Å²) in [6.45, 7) is 3.92. The largest absolute Gasteiger partial charge is 0.370 e. The summed E-state index contributed by atoms with van der Waals surface area (Å²) in [5.41, 5.74) is 0.311. The van der Waals surface area contributed by atoms with Gasteiger partial charge in [0.25, 0.3) is 5.91 Å². The summed E-state index contributed by atoms with van der Waals surface area (Å²) < 4.78 is 13.4. The van der Waals surface area contributed by atoms with Gasteiger partial charge in [-0.25, -0.2) is 9.37 Å². The number of carbonyl (C=O) groups excluding carboxylic acids is 1. The molecule has 0 spiro atoms. The highest BCUT2D eigenvalue weighted by atomic mass is 19.1. The molecule has 6 heteroatoms. The number of amides is 1. The maximum absolute atomic E-state index is 13.4. The molecule has 0 aliphatic carbocycles. The number of hydrogen-bond donors (Lipinski definition) is 1. The highest BCUT2D eigenvalue weighted by molar-refractivity contribution is 5.98.